The number of aliphatic hydroxyl groups is 15. The summed E-state index contributed by atoms with van der Waals surface area (Å²) in [5.41, 5.74) is 5.43. The van der Waals surface area contributed by atoms with Gasteiger partial charge in [0.2, 0.25) is 11.8 Å². The Morgan fingerprint density at radius 1 is 0.566 bits per heavy atom. The quantitative estimate of drug-likeness (QED) is 0.0172. The van der Waals surface area contributed by atoms with Gasteiger partial charge in [-0.05, 0) is 91.4 Å². The fraction of sp³-hybridized carbons (Fsp3) is 0.600. The number of Topliss-reactive ketones (excluding diaryl/α,β-unsaturated/α-hetero) is 2. The van der Waals surface area contributed by atoms with Crippen molar-refractivity contribution in [3.05, 3.63) is 157 Å². The highest BCUT2D eigenvalue weighted by atomic mass is 16.7. The van der Waals surface area contributed by atoms with Crippen molar-refractivity contribution in [3.63, 3.8) is 0 Å². The maximum atomic E-state index is 11.8. The number of nitrogens with two attached hydrogens (primary N) is 1. The second-order valence-electron chi connectivity index (χ2n) is 25.8. The fourth-order valence-electron chi connectivity index (χ4n) is 9.94. The molecule has 1 fully saturated rings. The molecule has 0 aromatic heterocycles. The molecule has 2 rings (SSSR count). The van der Waals surface area contributed by atoms with Crippen molar-refractivity contribution in [2.75, 3.05) is 6.54 Å². The molecule has 99 heavy (non-hydrogen) atoms. The Labute approximate surface area is 585 Å². The Kier molecular flexibility index (Phi) is 48.7. The molecule has 0 bridgehead atoms. The monoisotopic (exact) mass is 1400 g/mol. The SMILES string of the molecule is CC(C)C(=O)CC(O)CC(O)CC(O)/C=C/CC(O)CC(O)CC(O)CC(O)/C=C/CC(O)CC(O)CCCNC(=O)C(C)N.CC(C/C=C/C=C/C=C/C=C/C=C/C(O)C(C)C(O)C(C)/C=C/CC/C=C/C=C/C=C/C=C/C(=O)NC1=C(O)CCC1=O)OC1OC(C)C(O)C(O)C1O. The van der Waals surface area contributed by atoms with Crippen molar-refractivity contribution in [3.8, 4) is 0 Å². The van der Waals surface area contributed by atoms with E-state index in [-0.39, 0.29) is 123 Å². The molecule has 24 heteroatoms. The highest BCUT2D eigenvalue weighted by molar-refractivity contribution is 6.03. The molecule has 20 atom stereocenters. The van der Waals surface area contributed by atoms with Crippen LogP contribution in [0.15, 0.2) is 157 Å². The molecule has 0 radical (unpaired) electrons. The first-order valence-corrected chi connectivity index (χ1v) is 34.5. The number of ether oxygens (including phenoxy) is 2. The molecular formula is C75H119N3O21. The van der Waals surface area contributed by atoms with Crippen LogP contribution in [0.3, 0.4) is 0 Å². The summed E-state index contributed by atoms with van der Waals surface area (Å²) in [6.45, 7) is 12.6. The van der Waals surface area contributed by atoms with E-state index in [9.17, 15) is 95.8 Å². The summed E-state index contributed by atoms with van der Waals surface area (Å²) >= 11 is 0. The summed E-state index contributed by atoms with van der Waals surface area (Å²) in [6, 6.07) is -0.602. The molecule has 1 heterocycles. The van der Waals surface area contributed by atoms with E-state index < -0.39 is 110 Å². The van der Waals surface area contributed by atoms with Crippen LogP contribution in [0.5, 0.6) is 0 Å². The molecule has 0 saturated carbocycles. The summed E-state index contributed by atoms with van der Waals surface area (Å²) in [4.78, 5) is 46.5. The summed E-state index contributed by atoms with van der Waals surface area (Å²) in [5.74, 6) is -1.90. The number of hydrogen-bond donors (Lipinski definition) is 18. The third-order valence-corrected chi connectivity index (χ3v) is 16.0. The number of carbonyl (C=O) groups excluding carboxylic acids is 4. The Morgan fingerprint density at radius 3 is 1.63 bits per heavy atom. The molecule has 20 unspecified atom stereocenters. The van der Waals surface area contributed by atoms with Gasteiger partial charge in [0.1, 0.15) is 35.6 Å². The summed E-state index contributed by atoms with van der Waals surface area (Å²) in [7, 11) is 0. The first kappa shape index (κ1) is 91.0. The Balaban J connectivity index is 0.00000101. The van der Waals surface area contributed by atoms with Crippen molar-refractivity contribution < 1.29 is 105 Å². The van der Waals surface area contributed by atoms with E-state index in [1.807, 2.05) is 99.8 Å². The molecule has 2 aliphatic rings. The zero-order chi connectivity index (χ0) is 74.4. The normalized spacial score (nSPS) is 23.0. The van der Waals surface area contributed by atoms with Crippen molar-refractivity contribution >= 4 is 23.4 Å². The van der Waals surface area contributed by atoms with Gasteiger partial charge in [-0.25, -0.2) is 0 Å². The van der Waals surface area contributed by atoms with E-state index in [2.05, 4.69) is 10.6 Å². The van der Waals surface area contributed by atoms with Crippen LogP contribution < -0.4 is 16.4 Å². The lowest BCUT2D eigenvalue weighted by molar-refractivity contribution is -0.302. The van der Waals surface area contributed by atoms with Crippen LogP contribution in [-0.4, -0.2) is 217 Å². The van der Waals surface area contributed by atoms with Crippen LogP contribution >= 0.6 is 0 Å². The second-order valence-corrected chi connectivity index (χ2v) is 25.8. The number of amides is 2. The average Bonchev–Trinajstić information content (AvgIpc) is 1.27. The predicted molar refractivity (Wildman–Crippen MR) is 380 cm³/mol. The predicted octanol–water partition coefficient (Wildman–Crippen LogP) is 4.52. The summed E-state index contributed by atoms with van der Waals surface area (Å²) in [6.07, 6.45) is 29.7. The fourth-order valence-corrected chi connectivity index (χ4v) is 9.94. The Hall–Kier alpha value is -5.98. The van der Waals surface area contributed by atoms with Crippen LogP contribution in [0.25, 0.3) is 0 Å². The van der Waals surface area contributed by atoms with Crippen molar-refractivity contribution in [1.29, 1.82) is 0 Å². The van der Waals surface area contributed by atoms with E-state index in [0.717, 1.165) is 12.8 Å². The lowest BCUT2D eigenvalue weighted by Crippen LogP contribution is -2.57. The van der Waals surface area contributed by atoms with E-state index >= 15 is 0 Å². The maximum Gasteiger partial charge on any atom is 0.248 e. The molecule has 560 valence electrons. The zero-order valence-electron chi connectivity index (χ0n) is 58.7. The highest BCUT2D eigenvalue weighted by Gasteiger charge is 2.43. The molecule has 1 saturated heterocycles. The van der Waals surface area contributed by atoms with Gasteiger partial charge in [-0.15, -0.1) is 0 Å². The van der Waals surface area contributed by atoms with Gasteiger partial charge in [-0.2, -0.15) is 0 Å². The van der Waals surface area contributed by atoms with Gasteiger partial charge in [0, 0.05) is 62.5 Å². The first-order chi connectivity index (χ1) is 46.8. The van der Waals surface area contributed by atoms with E-state index in [4.69, 9.17) is 15.2 Å². The lowest BCUT2D eigenvalue weighted by Gasteiger charge is -2.39. The Bertz CT molecular complexity index is 2700. The molecule has 0 spiro atoms. The number of unbranched alkanes of at least 4 members (excludes halogenated alkanes) is 1. The average molecular weight is 1400 g/mol. The maximum absolute atomic E-state index is 11.8. The van der Waals surface area contributed by atoms with Gasteiger partial charge in [0.25, 0.3) is 0 Å². The third kappa shape index (κ3) is 43.4. The lowest BCUT2D eigenvalue weighted by atomic mass is 9.88. The van der Waals surface area contributed by atoms with Gasteiger partial charge < -0.3 is 102 Å². The van der Waals surface area contributed by atoms with Crippen LogP contribution in [0.1, 0.15) is 151 Å². The van der Waals surface area contributed by atoms with Gasteiger partial charge in [0.15, 0.2) is 12.1 Å². The first-order valence-electron chi connectivity index (χ1n) is 34.5. The standard InChI is InChI=1S/C43H59NO10.C32H60N2O11/c1-30(24-20-16-12-8-5-6-11-15-19-23-27-37(48)44-38-35(46)28-29-36(38)47)39(49)32(3)34(45)26-22-18-14-10-7-9-13-17-21-25-31(2)53-43-42(52)41(51)40(50)33(4)54-43;1-20(2)31(44)19-30(43)18-29(42)16-25(38)10-5-9-24(37)15-28(41)17-27(40)14-23(36)8-4-7-22(35)13-26(39)11-6-12-34-32(45)21(3)33/h5-11,13-15,17-24,26-27,30-34,39-43,45-46,49-52H,12,16,25,28-29H2,1-4H3,(H,44,48);4-5,8,10,20-30,35-43H,6-7,9,11-19,33H2,1-3H3,(H,34,45)/b8-5+,10-7+,11-6+,13-9+,18-14+,19-15+,21-17+,24-20+,26-22+,27-23+;8-4+,10-5+. The van der Waals surface area contributed by atoms with Crippen molar-refractivity contribution in [2.45, 2.75) is 261 Å². The largest absolute Gasteiger partial charge is 0.510 e. The number of aliphatic hydroxyl groups excluding tert-OH is 15. The molecule has 1 aliphatic heterocycles. The molecule has 1 aliphatic carbocycles. The molecule has 24 nitrogen and oxygen atoms in total. The van der Waals surface area contributed by atoms with Gasteiger partial charge in [-0.1, -0.05) is 167 Å². The number of hydrogen-bond acceptors (Lipinski definition) is 22. The van der Waals surface area contributed by atoms with Gasteiger partial charge >= 0.3 is 0 Å². The number of ketones is 2. The minimum atomic E-state index is -1.32. The van der Waals surface area contributed by atoms with E-state index in [1.54, 1.807) is 70.2 Å². The number of carbonyl (C=O) groups is 4. The zero-order valence-corrected chi connectivity index (χ0v) is 58.7. The topological polar surface area (TPSA) is 440 Å². The third-order valence-electron chi connectivity index (χ3n) is 16.0. The smallest absolute Gasteiger partial charge is 0.248 e. The highest BCUT2D eigenvalue weighted by Crippen LogP contribution is 2.25. The van der Waals surface area contributed by atoms with Crippen molar-refractivity contribution in [2.24, 2.45) is 23.5 Å². The van der Waals surface area contributed by atoms with E-state index in [1.165, 1.54) is 24.3 Å². The van der Waals surface area contributed by atoms with Crippen LogP contribution in [0.2, 0.25) is 0 Å². The summed E-state index contributed by atoms with van der Waals surface area (Å²) in [5, 5.41) is 157. The second kappa shape index (κ2) is 52.9. The van der Waals surface area contributed by atoms with Gasteiger partial charge in [0.05, 0.1) is 85.4 Å². The van der Waals surface area contributed by atoms with Crippen LogP contribution in [0.4, 0.5) is 0 Å². The Morgan fingerprint density at radius 2 is 1.07 bits per heavy atom. The minimum Gasteiger partial charge on any atom is -0.510 e. The number of rotatable bonds is 47. The molecule has 19 N–H and O–H groups in total. The van der Waals surface area contributed by atoms with E-state index in [0.29, 0.717) is 25.8 Å². The molecular weight excluding hydrogens is 1280 g/mol. The van der Waals surface area contributed by atoms with Crippen molar-refractivity contribution in [1.82, 2.24) is 10.6 Å². The van der Waals surface area contributed by atoms with Crippen LogP contribution in [0, 0.1) is 17.8 Å². The molecule has 2 amide bonds. The molecule has 0 aromatic carbocycles. The van der Waals surface area contributed by atoms with Gasteiger partial charge in [-0.3, -0.25) is 19.2 Å². The molecule has 0 aromatic rings. The summed E-state index contributed by atoms with van der Waals surface area (Å²) < 4.78 is 11.1. The van der Waals surface area contributed by atoms with Crippen LogP contribution in [-0.2, 0) is 28.7 Å². The number of nitrogens with one attached hydrogen (secondary N) is 2. The number of allylic oxidation sites excluding steroid dienone is 18. The minimum absolute atomic E-state index is 0.0185.